The van der Waals surface area contributed by atoms with E-state index in [-0.39, 0.29) is 13.2 Å². The highest BCUT2D eigenvalue weighted by Crippen LogP contribution is 2.33. The Bertz CT molecular complexity index is 424. The van der Waals surface area contributed by atoms with Gasteiger partial charge in [-0.15, -0.1) is 0 Å². The van der Waals surface area contributed by atoms with Gasteiger partial charge in [-0.1, -0.05) is 6.42 Å². The molecule has 0 aromatic rings. The zero-order valence-corrected chi connectivity index (χ0v) is 12.9. The van der Waals surface area contributed by atoms with Crippen molar-refractivity contribution in [1.82, 2.24) is 4.31 Å². The van der Waals surface area contributed by atoms with Gasteiger partial charge in [-0.2, -0.15) is 0 Å². The lowest BCUT2D eigenvalue weighted by Gasteiger charge is -2.26. The van der Waals surface area contributed by atoms with Gasteiger partial charge >= 0.3 is 5.97 Å². The van der Waals surface area contributed by atoms with Gasteiger partial charge in [0.2, 0.25) is 10.0 Å². The number of nitrogens with zero attached hydrogens (tertiary/aromatic N) is 1. The number of aliphatic hydroxyl groups excluding tert-OH is 1. The summed E-state index contributed by atoms with van der Waals surface area (Å²) in [4.78, 5) is 11.6. The predicted octanol–water partition coefficient (Wildman–Crippen LogP) is -0.403. The van der Waals surface area contributed by atoms with E-state index in [1.165, 1.54) is 21.3 Å². The van der Waals surface area contributed by atoms with Gasteiger partial charge in [-0.25, -0.2) is 12.7 Å². The molecule has 0 aliphatic heterocycles. The maximum Gasteiger partial charge on any atom is 0.310 e. The van der Waals surface area contributed by atoms with Crippen molar-refractivity contribution in [3.8, 4) is 0 Å². The van der Waals surface area contributed by atoms with Crippen molar-refractivity contribution in [1.29, 1.82) is 0 Å². The summed E-state index contributed by atoms with van der Waals surface area (Å²) in [5, 5.41) is 8.86. The third kappa shape index (κ3) is 3.91. The number of ether oxygens (including phenoxy) is 2. The van der Waals surface area contributed by atoms with Gasteiger partial charge in [-0.05, 0) is 12.8 Å². The number of hydrogen-bond acceptors (Lipinski definition) is 6. The predicted molar refractivity (Wildman–Crippen MR) is 72.6 cm³/mol. The van der Waals surface area contributed by atoms with Crippen molar-refractivity contribution in [3.63, 3.8) is 0 Å². The Morgan fingerprint density at radius 3 is 2.60 bits per heavy atom. The summed E-state index contributed by atoms with van der Waals surface area (Å²) in [5.41, 5.74) is 0. The van der Waals surface area contributed by atoms with Crippen molar-refractivity contribution >= 4 is 16.0 Å². The number of sulfonamides is 1. The summed E-state index contributed by atoms with van der Waals surface area (Å²) in [6.45, 7) is 0.00548. The molecule has 1 saturated carbocycles. The van der Waals surface area contributed by atoms with Gasteiger partial charge in [0.15, 0.2) is 0 Å². The normalized spacial score (nSPS) is 24.9. The summed E-state index contributed by atoms with van der Waals surface area (Å²) in [6, 6.07) is 0. The Labute approximate surface area is 119 Å². The molecule has 0 bridgehead atoms. The van der Waals surface area contributed by atoms with Crippen LogP contribution in [0.5, 0.6) is 0 Å². The van der Waals surface area contributed by atoms with E-state index in [1.54, 1.807) is 0 Å². The Balaban J connectivity index is 2.78. The quantitative estimate of drug-likeness (QED) is 0.643. The van der Waals surface area contributed by atoms with Crippen LogP contribution < -0.4 is 0 Å². The maximum atomic E-state index is 12.5. The van der Waals surface area contributed by atoms with Gasteiger partial charge in [-0.3, -0.25) is 4.79 Å². The molecular formula is C12H23NO6S. The monoisotopic (exact) mass is 309 g/mol. The molecule has 1 aliphatic rings. The number of esters is 1. The fourth-order valence-corrected chi connectivity index (χ4v) is 4.55. The third-order valence-electron chi connectivity index (χ3n) is 3.60. The lowest BCUT2D eigenvalue weighted by Crippen LogP contribution is -2.44. The second-order valence-electron chi connectivity index (χ2n) is 5.03. The number of methoxy groups -OCH3 is 2. The molecule has 0 saturated heterocycles. The number of carbonyl (C=O) groups is 1. The second kappa shape index (κ2) is 7.35. The van der Waals surface area contributed by atoms with Crippen LogP contribution in [-0.2, 0) is 24.3 Å². The first kappa shape index (κ1) is 17.4. The van der Waals surface area contributed by atoms with E-state index in [0.29, 0.717) is 19.3 Å². The van der Waals surface area contributed by atoms with E-state index in [9.17, 15) is 18.3 Å². The van der Waals surface area contributed by atoms with Crippen LogP contribution in [0.2, 0.25) is 0 Å². The second-order valence-corrected chi connectivity index (χ2v) is 7.29. The van der Waals surface area contributed by atoms with Crippen LogP contribution in [0, 0.1) is 5.92 Å². The van der Waals surface area contributed by atoms with E-state index in [0.717, 1.165) is 4.31 Å². The lowest BCUT2D eigenvalue weighted by molar-refractivity contribution is -0.145. The van der Waals surface area contributed by atoms with Crippen molar-refractivity contribution in [2.75, 3.05) is 34.4 Å². The molecule has 7 nitrogen and oxygen atoms in total. The van der Waals surface area contributed by atoms with Crippen LogP contribution in [0.1, 0.15) is 19.3 Å². The fraction of sp³-hybridized carbons (Fsp3) is 0.917. The molecule has 0 amide bonds. The Morgan fingerprint density at radius 1 is 1.40 bits per heavy atom. The molecule has 1 fully saturated rings. The first-order valence-corrected chi connectivity index (χ1v) is 8.04. The van der Waals surface area contributed by atoms with Crippen molar-refractivity contribution in [2.45, 2.75) is 30.6 Å². The average Bonchev–Trinajstić information content (AvgIpc) is 2.87. The van der Waals surface area contributed by atoms with E-state index < -0.39 is 33.3 Å². The Kier molecular flexibility index (Phi) is 6.38. The van der Waals surface area contributed by atoms with Gasteiger partial charge in [0.1, 0.15) is 0 Å². The minimum Gasteiger partial charge on any atom is -0.469 e. The molecule has 0 heterocycles. The minimum atomic E-state index is -3.64. The van der Waals surface area contributed by atoms with Crippen molar-refractivity contribution in [2.24, 2.45) is 5.92 Å². The van der Waals surface area contributed by atoms with Gasteiger partial charge < -0.3 is 14.6 Å². The van der Waals surface area contributed by atoms with Crippen molar-refractivity contribution in [3.05, 3.63) is 0 Å². The average molecular weight is 309 g/mol. The molecule has 1 N–H and O–H groups in total. The number of rotatable bonds is 7. The van der Waals surface area contributed by atoms with Gasteiger partial charge in [0, 0.05) is 20.7 Å². The molecule has 3 unspecified atom stereocenters. The standard InChI is InChI=1S/C12H23NO6S/c1-13(7-9(14)8-18-2)20(16,17)11-6-4-5-10(11)12(15)19-3/h9-11,14H,4-8H2,1-3H3. The molecule has 3 atom stereocenters. The molecule has 0 aromatic carbocycles. The summed E-state index contributed by atoms with van der Waals surface area (Å²) < 4.78 is 35.5. The number of carbonyl (C=O) groups excluding carboxylic acids is 1. The Hall–Kier alpha value is -0.700. The van der Waals surface area contributed by atoms with E-state index in [4.69, 9.17) is 4.74 Å². The molecule has 0 spiro atoms. The molecule has 0 aromatic heterocycles. The van der Waals surface area contributed by atoms with Crippen LogP contribution >= 0.6 is 0 Å². The molecule has 1 rings (SSSR count). The highest BCUT2D eigenvalue weighted by Gasteiger charge is 2.44. The molecule has 1 aliphatic carbocycles. The van der Waals surface area contributed by atoms with Gasteiger partial charge in [0.25, 0.3) is 0 Å². The largest absolute Gasteiger partial charge is 0.469 e. The number of aliphatic hydroxyl groups is 1. The van der Waals surface area contributed by atoms with E-state index in [2.05, 4.69) is 4.74 Å². The van der Waals surface area contributed by atoms with Crippen molar-refractivity contribution < 1.29 is 27.8 Å². The minimum absolute atomic E-state index is 0.0550. The SMILES string of the molecule is COCC(O)CN(C)S(=O)(=O)C1CCCC1C(=O)OC. The van der Waals surface area contributed by atoms with Crippen LogP contribution in [0.15, 0.2) is 0 Å². The van der Waals surface area contributed by atoms with Crippen LogP contribution in [0.4, 0.5) is 0 Å². The molecule has 8 heteroatoms. The Morgan fingerprint density at radius 2 is 2.05 bits per heavy atom. The van der Waals surface area contributed by atoms with Gasteiger partial charge in [0.05, 0.1) is 31.0 Å². The highest BCUT2D eigenvalue weighted by molar-refractivity contribution is 7.89. The summed E-state index contributed by atoms with van der Waals surface area (Å²) >= 11 is 0. The molecule has 118 valence electrons. The van der Waals surface area contributed by atoms with Crippen LogP contribution in [0.3, 0.4) is 0 Å². The fourth-order valence-electron chi connectivity index (χ4n) is 2.58. The van der Waals surface area contributed by atoms with Crippen LogP contribution in [0.25, 0.3) is 0 Å². The lowest BCUT2D eigenvalue weighted by atomic mass is 10.1. The molecular weight excluding hydrogens is 286 g/mol. The zero-order valence-electron chi connectivity index (χ0n) is 12.1. The van der Waals surface area contributed by atoms with Crippen LogP contribution in [-0.4, -0.2) is 69.6 Å². The maximum absolute atomic E-state index is 12.5. The zero-order chi connectivity index (χ0) is 15.3. The van der Waals surface area contributed by atoms with E-state index in [1.807, 2.05) is 0 Å². The molecule has 0 radical (unpaired) electrons. The van der Waals surface area contributed by atoms with E-state index >= 15 is 0 Å². The summed E-state index contributed by atoms with van der Waals surface area (Å²) in [6.07, 6.45) is 0.744. The first-order valence-electron chi connectivity index (χ1n) is 6.54. The third-order valence-corrected chi connectivity index (χ3v) is 5.95. The number of hydrogen-bond donors (Lipinski definition) is 1. The highest BCUT2D eigenvalue weighted by atomic mass is 32.2. The molecule has 20 heavy (non-hydrogen) atoms. The summed E-state index contributed by atoms with van der Waals surface area (Å²) in [5.74, 6) is -1.10. The smallest absolute Gasteiger partial charge is 0.310 e. The first-order chi connectivity index (χ1) is 9.34. The summed E-state index contributed by atoms with van der Waals surface area (Å²) in [7, 11) is 0.457. The topological polar surface area (TPSA) is 93.1 Å². The number of likely N-dealkylation sites (N-methyl/N-ethyl adjacent to an activating group) is 1.